The maximum absolute atomic E-state index is 13.3. The molecule has 12 N–H and O–H groups in total. The molecule has 3 heterocycles. The molecule has 19 nitrogen and oxygen atoms in total. The predicted molar refractivity (Wildman–Crippen MR) is 355 cm³/mol. The molecule has 0 saturated carbocycles. The van der Waals surface area contributed by atoms with Crippen LogP contribution >= 0.6 is 0 Å². The largest absolute Gasteiger partial charge is 0.394 e. The number of amides is 1. The molecular formula is C72H119NO18. The van der Waals surface area contributed by atoms with Gasteiger partial charge >= 0.3 is 0 Å². The van der Waals surface area contributed by atoms with Gasteiger partial charge in [-0.25, -0.2) is 0 Å². The zero-order chi connectivity index (χ0) is 66.1. The van der Waals surface area contributed by atoms with Gasteiger partial charge in [-0.05, 0) is 96.3 Å². The fourth-order valence-electron chi connectivity index (χ4n) is 10.7. The summed E-state index contributed by atoms with van der Waals surface area (Å²) in [5.41, 5.74) is 0. The summed E-state index contributed by atoms with van der Waals surface area (Å²) < 4.78 is 34.2. The second-order valence-electron chi connectivity index (χ2n) is 23.9. The average molecular weight is 1290 g/mol. The minimum absolute atomic E-state index is 0.225. The molecule has 3 rings (SSSR count). The lowest BCUT2D eigenvalue weighted by Gasteiger charge is -2.48. The summed E-state index contributed by atoms with van der Waals surface area (Å²) in [6.45, 7) is 1.50. The molecule has 3 saturated heterocycles. The first-order valence-electron chi connectivity index (χ1n) is 34.3. The van der Waals surface area contributed by atoms with Crippen LogP contribution in [0.3, 0.4) is 0 Å². The number of carbonyl (C=O) groups excluding carboxylic acids is 1. The molecule has 1 amide bonds. The van der Waals surface area contributed by atoms with E-state index in [1.54, 1.807) is 6.08 Å². The van der Waals surface area contributed by atoms with Crippen LogP contribution in [-0.4, -0.2) is 193 Å². The predicted octanol–water partition coefficient (Wildman–Crippen LogP) is 8.82. The van der Waals surface area contributed by atoms with Gasteiger partial charge in [-0.1, -0.05) is 212 Å². The Kier molecular flexibility index (Phi) is 46.9. The van der Waals surface area contributed by atoms with Crippen molar-refractivity contribution in [2.75, 3.05) is 26.4 Å². The maximum Gasteiger partial charge on any atom is 0.220 e. The van der Waals surface area contributed by atoms with E-state index < -0.39 is 124 Å². The van der Waals surface area contributed by atoms with E-state index in [2.05, 4.69) is 129 Å². The maximum atomic E-state index is 13.3. The third-order valence-corrected chi connectivity index (χ3v) is 16.2. The summed E-state index contributed by atoms with van der Waals surface area (Å²) in [4.78, 5) is 13.3. The smallest absolute Gasteiger partial charge is 0.220 e. The summed E-state index contributed by atoms with van der Waals surface area (Å²) in [5, 5.41) is 120. The van der Waals surface area contributed by atoms with Crippen molar-refractivity contribution in [1.82, 2.24) is 5.32 Å². The molecule has 0 radical (unpaired) electrons. The van der Waals surface area contributed by atoms with Crippen molar-refractivity contribution in [3.8, 4) is 0 Å². The SMILES string of the molecule is CC/C=C\C/C=C\C/C=C\C/C=C\C/C=C\C/C=C\C/C=C\C/C=C\CCCCCCCCCCCCCCC(=O)NC(COC1OC(CO)C(OC2OC(CO)C(OC3OC(CO)C(O)C(O)C3O)C(O)C2O)C(O)C1O)C(O)/C=C/CC/C=C/CCCCC. The highest BCUT2D eigenvalue weighted by Crippen LogP contribution is 2.33. The Bertz CT molecular complexity index is 2120. The molecule has 17 unspecified atom stereocenters. The van der Waals surface area contributed by atoms with Crippen molar-refractivity contribution >= 4 is 5.91 Å². The van der Waals surface area contributed by atoms with Gasteiger partial charge in [0.1, 0.15) is 73.2 Å². The Morgan fingerprint density at radius 2 is 0.769 bits per heavy atom. The molecule has 3 fully saturated rings. The molecule has 3 aliphatic heterocycles. The summed E-state index contributed by atoms with van der Waals surface area (Å²) >= 11 is 0. The quantitative estimate of drug-likeness (QED) is 0.0200. The summed E-state index contributed by atoms with van der Waals surface area (Å²) in [7, 11) is 0. The summed E-state index contributed by atoms with van der Waals surface area (Å²) in [6, 6.07) is -0.996. The number of unbranched alkanes of at least 4 members (excludes halogenated alkanes) is 16. The van der Waals surface area contributed by atoms with Crippen molar-refractivity contribution in [2.45, 2.75) is 298 Å². The molecule has 91 heavy (non-hydrogen) atoms. The van der Waals surface area contributed by atoms with Crippen LogP contribution in [0.2, 0.25) is 0 Å². The first-order chi connectivity index (χ1) is 44.3. The Balaban J connectivity index is 1.32. The molecular weight excluding hydrogens is 1170 g/mol. The Hall–Kier alpha value is -3.81. The highest BCUT2D eigenvalue weighted by molar-refractivity contribution is 5.76. The van der Waals surface area contributed by atoms with Crippen LogP contribution in [0.25, 0.3) is 0 Å². The molecule has 0 aliphatic carbocycles. The molecule has 0 bridgehead atoms. The molecule has 0 spiro atoms. The second-order valence-corrected chi connectivity index (χ2v) is 23.9. The lowest BCUT2D eigenvalue weighted by molar-refractivity contribution is -0.379. The lowest BCUT2D eigenvalue weighted by atomic mass is 9.96. The van der Waals surface area contributed by atoms with Crippen LogP contribution in [0.5, 0.6) is 0 Å². The van der Waals surface area contributed by atoms with E-state index in [0.717, 1.165) is 109 Å². The van der Waals surface area contributed by atoms with E-state index in [9.17, 15) is 61.0 Å². The van der Waals surface area contributed by atoms with Gasteiger partial charge in [0.05, 0.1) is 38.6 Å². The monoisotopic (exact) mass is 1290 g/mol. The molecule has 19 heteroatoms. The molecule has 3 aliphatic rings. The Labute approximate surface area is 544 Å². The van der Waals surface area contributed by atoms with Gasteiger partial charge in [0.25, 0.3) is 0 Å². The number of carbonyl (C=O) groups is 1. The number of aliphatic hydroxyl groups excluding tert-OH is 11. The molecule has 0 aromatic rings. The van der Waals surface area contributed by atoms with Crippen LogP contribution in [-0.2, 0) is 33.2 Å². The molecule has 17 atom stereocenters. The van der Waals surface area contributed by atoms with Gasteiger partial charge in [-0.15, -0.1) is 0 Å². The van der Waals surface area contributed by atoms with Gasteiger partial charge in [-0.2, -0.15) is 0 Å². The minimum Gasteiger partial charge on any atom is -0.394 e. The lowest BCUT2D eigenvalue weighted by Crippen LogP contribution is -2.66. The number of ether oxygens (including phenoxy) is 6. The van der Waals surface area contributed by atoms with E-state index >= 15 is 0 Å². The summed E-state index contributed by atoms with van der Waals surface area (Å²) in [5.74, 6) is -0.297. The number of hydrogen-bond acceptors (Lipinski definition) is 18. The average Bonchev–Trinajstić information content (AvgIpc) is 0.826. The normalized spacial score (nSPS) is 28.6. The van der Waals surface area contributed by atoms with Gasteiger partial charge in [0.2, 0.25) is 5.91 Å². The van der Waals surface area contributed by atoms with E-state index in [0.29, 0.717) is 12.8 Å². The molecule has 0 aromatic heterocycles. The van der Waals surface area contributed by atoms with E-state index in [4.69, 9.17) is 28.4 Å². The molecule has 0 aromatic carbocycles. The number of aliphatic hydroxyl groups is 11. The third kappa shape index (κ3) is 34.4. The third-order valence-electron chi connectivity index (χ3n) is 16.2. The van der Waals surface area contributed by atoms with Crippen LogP contribution in [0, 0.1) is 0 Å². The fraction of sp³-hybridized carbons (Fsp3) is 0.708. The number of allylic oxidation sites excluding steroid dienone is 19. The van der Waals surface area contributed by atoms with Crippen LogP contribution in [0.1, 0.15) is 194 Å². The Morgan fingerprint density at radius 3 is 1.23 bits per heavy atom. The Morgan fingerprint density at radius 1 is 0.407 bits per heavy atom. The van der Waals surface area contributed by atoms with Crippen LogP contribution < -0.4 is 5.32 Å². The van der Waals surface area contributed by atoms with Crippen molar-refractivity contribution in [3.63, 3.8) is 0 Å². The fourth-order valence-corrected chi connectivity index (χ4v) is 10.7. The van der Waals surface area contributed by atoms with E-state index in [-0.39, 0.29) is 18.9 Å². The second kappa shape index (κ2) is 52.5. The molecule has 520 valence electrons. The summed E-state index contributed by atoms with van der Waals surface area (Å²) in [6.07, 6.45) is 45.1. The zero-order valence-electron chi connectivity index (χ0n) is 54.8. The van der Waals surface area contributed by atoms with E-state index in [1.807, 2.05) is 6.08 Å². The standard InChI is InChI=1S/C72H119NO18/c1-3-5-7-9-11-13-14-15-16-17-18-19-20-21-22-23-24-25-26-27-28-29-30-31-32-33-34-35-36-37-38-39-40-42-44-46-48-50-60(78)73-55(56(77)49-47-45-43-41-12-10-8-6-4-2)54-86-70-66(84)63(81)68(58(52-75)88-70)91-72-67(85)64(82)69(59(53-76)89-72)90-71-65(83)62(80)61(79)57(51-74)87-71/h5,7,11-13,15-16,18-19,21-22,24-25,27-28,30-31,41,47,49,55-59,61-72,74-77,79-85H,3-4,6,8-10,14,17,20,23,26,29,32-40,42-46,48,50-54H2,1-2H3,(H,73,78)/b7-5-,13-11-,16-15-,19-18-,22-21-,25-24-,28-27-,31-30-,41-12+,49-47+. The van der Waals surface area contributed by atoms with Gasteiger partial charge in [0.15, 0.2) is 18.9 Å². The minimum atomic E-state index is -1.98. The van der Waals surface area contributed by atoms with Crippen LogP contribution in [0.15, 0.2) is 122 Å². The first-order valence-corrected chi connectivity index (χ1v) is 34.3. The van der Waals surface area contributed by atoms with Crippen molar-refractivity contribution in [3.05, 3.63) is 122 Å². The van der Waals surface area contributed by atoms with Gasteiger partial charge in [0, 0.05) is 6.42 Å². The van der Waals surface area contributed by atoms with E-state index in [1.165, 1.54) is 51.4 Å². The zero-order valence-corrected chi connectivity index (χ0v) is 54.8. The van der Waals surface area contributed by atoms with Crippen LogP contribution in [0.4, 0.5) is 0 Å². The highest BCUT2D eigenvalue weighted by atomic mass is 16.8. The van der Waals surface area contributed by atoms with Gasteiger partial charge in [-0.3, -0.25) is 4.79 Å². The van der Waals surface area contributed by atoms with Gasteiger partial charge < -0.3 is 89.9 Å². The number of hydrogen-bond donors (Lipinski definition) is 12. The number of nitrogens with one attached hydrogen (secondary N) is 1. The van der Waals surface area contributed by atoms with Crippen molar-refractivity contribution < 1.29 is 89.4 Å². The highest BCUT2D eigenvalue weighted by Gasteiger charge is 2.53. The number of rotatable bonds is 50. The first kappa shape index (κ1) is 81.4. The van der Waals surface area contributed by atoms with Crippen molar-refractivity contribution in [1.29, 1.82) is 0 Å². The van der Waals surface area contributed by atoms with Crippen molar-refractivity contribution in [2.24, 2.45) is 0 Å². The topological polar surface area (TPSA) is 307 Å².